The Balaban J connectivity index is 0. The van der Waals surface area contributed by atoms with E-state index in [4.69, 9.17) is 10.8 Å². The molecule has 0 radical (unpaired) electrons. The summed E-state index contributed by atoms with van der Waals surface area (Å²) in [4.78, 5) is 20.0. The molecule has 0 rings (SSSR count). The maximum absolute atomic E-state index is 10.2. The summed E-state index contributed by atoms with van der Waals surface area (Å²) < 4.78 is 0. The van der Waals surface area contributed by atoms with Gasteiger partial charge in [0.05, 0.1) is 6.54 Å². The first-order valence-corrected chi connectivity index (χ1v) is 5.26. The fourth-order valence-electron chi connectivity index (χ4n) is 0.746. The van der Waals surface area contributed by atoms with Crippen molar-refractivity contribution in [3.05, 3.63) is 0 Å². The maximum atomic E-state index is 10.2. The lowest BCUT2D eigenvalue weighted by Gasteiger charge is -1.95. The first kappa shape index (κ1) is 16.3. The largest absolute Gasteiger partial charge is 0.480 e. The van der Waals surface area contributed by atoms with E-state index in [1.54, 1.807) is 0 Å². The van der Waals surface area contributed by atoms with Crippen LogP contribution in [0.15, 0.2) is 0 Å². The summed E-state index contributed by atoms with van der Waals surface area (Å²) in [6.07, 6.45) is 5.54. The molecule has 4 N–H and O–H groups in total. The summed E-state index contributed by atoms with van der Waals surface area (Å²) in [6.45, 7) is 3.93. The van der Waals surface area contributed by atoms with Crippen LogP contribution in [0.5, 0.6) is 0 Å². The van der Waals surface area contributed by atoms with Crippen molar-refractivity contribution in [2.24, 2.45) is 5.73 Å². The lowest BCUT2D eigenvalue weighted by Crippen LogP contribution is -2.34. The van der Waals surface area contributed by atoms with Gasteiger partial charge in [0.2, 0.25) is 5.91 Å². The number of unbranched alkanes of at least 4 members (excludes halogenated alkanes) is 3. The van der Waals surface area contributed by atoms with E-state index in [1.807, 2.05) is 0 Å². The molecule has 0 aliphatic heterocycles. The van der Waals surface area contributed by atoms with Gasteiger partial charge in [0.15, 0.2) is 0 Å². The lowest BCUT2D eigenvalue weighted by molar-refractivity contribution is -0.137. The third-order valence-electron chi connectivity index (χ3n) is 1.58. The number of rotatable bonds is 6. The molecular formula is C10H22N2O3. The van der Waals surface area contributed by atoms with Crippen molar-refractivity contribution in [2.75, 3.05) is 13.1 Å². The van der Waals surface area contributed by atoms with Gasteiger partial charge in [-0.25, -0.2) is 0 Å². The summed E-state index contributed by atoms with van der Waals surface area (Å²) in [7, 11) is 0. The highest BCUT2D eigenvalue weighted by Gasteiger charge is 1.98. The average Bonchev–Trinajstić information content (AvgIpc) is 2.23. The number of carboxylic acids is 1. The smallest absolute Gasteiger partial charge is 0.322 e. The number of carbonyl (C=O) groups excluding carboxylic acids is 1. The minimum Gasteiger partial charge on any atom is -0.480 e. The molecule has 0 unspecified atom stereocenters. The van der Waals surface area contributed by atoms with E-state index in [-0.39, 0.29) is 13.1 Å². The first-order valence-electron chi connectivity index (χ1n) is 5.26. The highest BCUT2D eigenvalue weighted by molar-refractivity contribution is 5.82. The molecule has 0 bridgehead atoms. The SMILES string of the molecule is CCCCCC.NCC(=O)NCC(=O)O. The van der Waals surface area contributed by atoms with Gasteiger partial charge in [-0.3, -0.25) is 9.59 Å². The Bertz CT molecular complexity index is 168. The Morgan fingerprint density at radius 2 is 1.67 bits per heavy atom. The summed E-state index contributed by atoms with van der Waals surface area (Å²) in [5.41, 5.74) is 4.85. The molecule has 1 amide bonds. The van der Waals surface area contributed by atoms with Crippen LogP contribution in [0.2, 0.25) is 0 Å². The minimum absolute atomic E-state index is 0.173. The Kier molecular flexibility index (Phi) is 14.0. The van der Waals surface area contributed by atoms with Crippen LogP contribution in [-0.4, -0.2) is 30.1 Å². The fraction of sp³-hybridized carbons (Fsp3) is 0.800. The number of amides is 1. The third kappa shape index (κ3) is 19.3. The number of carboxylic acid groups (broad SMARTS) is 1. The zero-order valence-electron chi connectivity index (χ0n) is 9.58. The minimum atomic E-state index is -1.07. The van der Waals surface area contributed by atoms with Gasteiger partial charge in [0, 0.05) is 0 Å². The van der Waals surface area contributed by atoms with Crippen molar-refractivity contribution in [3.8, 4) is 0 Å². The normalized spacial score (nSPS) is 8.73. The number of aliphatic carboxylic acids is 1. The number of carbonyl (C=O) groups is 2. The van der Waals surface area contributed by atoms with Crippen molar-refractivity contribution in [1.29, 1.82) is 0 Å². The number of hydrogen-bond acceptors (Lipinski definition) is 3. The van der Waals surface area contributed by atoms with E-state index in [0.29, 0.717) is 0 Å². The third-order valence-corrected chi connectivity index (χ3v) is 1.58. The van der Waals surface area contributed by atoms with Crippen LogP contribution in [0.3, 0.4) is 0 Å². The van der Waals surface area contributed by atoms with Gasteiger partial charge >= 0.3 is 5.97 Å². The zero-order chi connectivity index (χ0) is 12.1. The summed E-state index contributed by atoms with van der Waals surface area (Å²) >= 11 is 0. The maximum Gasteiger partial charge on any atom is 0.322 e. The lowest BCUT2D eigenvalue weighted by atomic mass is 10.2. The second-order valence-electron chi connectivity index (χ2n) is 3.08. The van der Waals surface area contributed by atoms with Crippen LogP contribution in [0, 0.1) is 0 Å². The van der Waals surface area contributed by atoms with Crippen molar-refractivity contribution in [2.45, 2.75) is 39.5 Å². The molecule has 0 heterocycles. The van der Waals surface area contributed by atoms with Crippen LogP contribution in [0.25, 0.3) is 0 Å². The molecule has 0 saturated heterocycles. The molecule has 0 spiro atoms. The molecule has 5 nitrogen and oxygen atoms in total. The van der Waals surface area contributed by atoms with E-state index < -0.39 is 11.9 Å². The predicted octanol–water partition coefficient (Wildman–Crippen LogP) is 0.733. The van der Waals surface area contributed by atoms with Gasteiger partial charge in [-0.15, -0.1) is 0 Å². The quantitative estimate of drug-likeness (QED) is 0.573. The molecule has 90 valence electrons. The van der Waals surface area contributed by atoms with Gasteiger partial charge in [-0.2, -0.15) is 0 Å². The Labute approximate surface area is 91.0 Å². The van der Waals surface area contributed by atoms with Gasteiger partial charge in [0.25, 0.3) is 0 Å². The second-order valence-corrected chi connectivity index (χ2v) is 3.08. The van der Waals surface area contributed by atoms with Gasteiger partial charge < -0.3 is 16.2 Å². The molecule has 0 aliphatic rings. The molecule has 0 saturated carbocycles. The van der Waals surface area contributed by atoms with Crippen molar-refractivity contribution < 1.29 is 14.7 Å². The standard InChI is InChI=1S/C6H14.C4H8N2O3/c1-3-5-6-4-2;5-1-3(7)6-2-4(8)9/h3-6H2,1-2H3;1-2,5H2,(H,6,7)(H,8,9). The summed E-state index contributed by atoms with van der Waals surface area (Å²) in [5, 5.41) is 10.1. The van der Waals surface area contributed by atoms with Crippen molar-refractivity contribution >= 4 is 11.9 Å². The molecule has 5 heteroatoms. The topological polar surface area (TPSA) is 92.4 Å². The monoisotopic (exact) mass is 218 g/mol. The predicted molar refractivity (Wildman–Crippen MR) is 59.5 cm³/mol. The number of nitrogens with one attached hydrogen (secondary N) is 1. The Hall–Kier alpha value is -1.10. The first-order chi connectivity index (χ1) is 7.08. The van der Waals surface area contributed by atoms with Gasteiger partial charge in [-0.1, -0.05) is 39.5 Å². The average molecular weight is 218 g/mol. The summed E-state index contributed by atoms with van der Waals surface area (Å²) in [6, 6.07) is 0. The van der Waals surface area contributed by atoms with E-state index in [9.17, 15) is 9.59 Å². The number of nitrogens with two attached hydrogens (primary N) is 1. The van der Waals surface area contributed by atoms with Crippen molar-refractivity contribution in [3.63, 3.8) is 0 Å². The molecule has 0 fully saturated rings. The fourth-order valence-corrected chi connectivity index (χ4v) is 0.746. The molecule has 0 aliphatic carbocycles. The molecule has 0 aromatic heterocycles. The van der Waals surface area contributed by atoms with E-state index in [0.717, 1.165) is 0 Å². The highest BCUT2D eigenvalue weighted by Crippen LogP contribution is 1.95. The van der Waals surface area contributed by atoms with E-state index >= 15 is 0 Å². The Morgan fingerprint density at radius 1 is 1.20 bits per heavy atom. The van der Waals surface area contributed by atoms with Crippen LogP contribution >= 0.6 is 0 Å². The highest BCUT2D eigenvalue weighted by atomic mass is 16.4. The Morgan fingerprint density at radius 3 is 1.93 bits per heavy atom. The van der Waals surface area contributed by atoms with Crippen molar-refractivity contribution in [1.82, 2.24) is 5.32 Å². The van der Waals surface area contributed by atoms with Crippen LogP contribution in [0.1, 0.15) is 39.5 Å². The molecule has 15 heavy (non-hydrogen) atoms. The molecule has 0 aromatic rings. The van der Waals surface area contributed by atoms with Gasteiger partial charge in [-0.05, 0) is 0 Å². The van der Waals surface area contributed by atoms with E-state index in [2.05, 4.69) is 19.2 Å². The zero-order valence-corrected chi connectivity index (χ0v) is 9.58. The van der Waals surface area contributed by atoms with Crippen LogP contribution in [0.4, 0.5) is 0 Å². The van der Waals surface area contributed by atoms with Crippen LogP contribution in [-0.2, 0) is 9.59 Å². The number of hydrogen-bond donors (Lipinski definition) is 3. The molecular weight excluding hydrogens is 196 g/mol. The molecule has 0 aromatic carbocycles. The van der Waals surface area contributed by atoms with E-state index in [1.165, 1.54) is 25.7 Å². The summed E-state index contributed by atoms with van der Waals surface area (Å²) in [5.74, 6) is -1.53. The van der Waals surface area contributed by atoms with Crippen LogP contribution < -0.4 is 11.1 Å². The molecule has 0 atom stereocenters. The second kappa shape index (κ2) is 12.9. The van der Waals surface area contributed by atoms with Gasteiger partial charge in [0.1, 0.15) is 6.54 Å².